The van der Waals surface area contributed by atoms with E-state index in [1.54, 1.807) is 24.3 Å². The van der Waals surface area contributed by atoms with Crippen molar-refractivity contribution in [2.75, 3.05) is 0 Å². The van der Waals surface area contributed by atoms with Gasteiger partial charge in [-0.3, -0.25) is 4.68 Å². The summed E-state index contributed by atoms with van der Waals surface area (Å²) in [5, 5.41) is 9.60. The summed E-state index contributed by atoms with van der Waals surface area (Å²) in [6.07, 6.45) is 1.90. The van der Waals surface area contributed by atoms with E-state index in [0.717, 1.165) is 17.8 Å². The largest absolute Gasteiger partial charge is 0.272 e. The van der Waals surface area contributed by atoms with Gasteiger partial charge in [0.25, 0.3) is 0 Å². The van der Waals surface area contributed by atoms with Gasteiger partial charge in [0.15, 0.2) is 0 Å². The lowest BCUT2D eigenvalue weighted by molar-refractivity contribution is 0.662. The minimum absolute atomic E-state index is 0.330. The fourth-order valence-electron chi connectivity index (χ4n) is 1.52. The smallest absolute Gasteiger partial charge is 0.132 e. The van der Waals surface area contributed by atoms with E-state index in [-0.39, 0.29) is 0 Å². The van der Waals surface area contributed by atoms with Crippen LogP contribution in [0.1, 0.15) is 6.92 Å². The van der Waals surface area contributed by atoms with Crippen LogP contribution in [0.4, 0.5) is 0 Å². The van der Waals surface area contributed by atoms with Crippen LogP contribution < -0.4 is 5.14 Å². The first-order valence-electron chi connectivity index (χ1n) is 5.21. The monoisotopic (exact) mass is 250 g/mol. The molecule has 1 aromatic heterocycles. The first-order chi connectivity index (χ1) is 8.00. The van der Waals surface area contributed by atoms with Crippen molar-refractivity contribution in [3.63, 3.8) is 0 Å². The van der Waals surface area contributed by atoms with Gasteiger partial charge in [-0.2, -0.15) is 5.10 Å². The van der Waals surface area contributed by atoms with Crippen LogP contribution in [0.3, 0.4) is 0 Å². The summed E-state index contributed by atoms with van der Waals surface area (Å²) < 4.78 is 20.4. The zero-order valence-electron chi connectivity index (χ0n) is 9.46. The molecule has 0 fully saturated rings. The van der Waals surface area contributed by atoms with Gasteiger partial charge >= 0.3 is 0 Å². The molecule has 6 heteroatoms. The number of nitrogens with zero attached hydrogens (tertiary/aromatic N) is 2. The van der Waals surface area contributed by atoms with E-state index in [9.17, 15) is 4.21 Å². The standard InChI is InChI=1S/C11H14N4OS/c1-2-15-8-7-11(14-15)9-3-5-10(6-4-9)17(12,13)16/h3-8H,2H2,1H3,(H3,12,13,16). The molecule has 0 radical (unpaired) electrons. The molecule has 1 unspecified atom stereocenters. The van der Waals surface area contributed by atoms with Crippen LogP contribution in [0.15, 0.2) is 41.4 Å². The molecule has 0 aliphatic carbocycles. The number of aromatic nitrogens is 2. The van der Waals surface area contributed by atoms with Crippen LogP contribution in [0, 0.1) is 4.78 Å². The van der Waals surface area contributed by atoms with Gasteiger partial charge in [-0.1, -0.05) is 12.1 Å². The number of nitrogens with one attached hydrogen (secondary N) is 1. The summed E-state index contributed by atoms with van der Waals surface area (Å²) in [6, 6.07) is 8.68. The number of hydrogen-bond donors (Lipinski definition) is 2. The Hall–Kier alpha value is -1.66. The number of benzene rings is 1. The molecule has 0 aliphatic rings. The second kappa shape index (κ2) is 4.31. The Morgan fingerprint density at radius 3 is 2.47 bits per heavy atom. The highest BCUT2D eigenvalue weighted by atomic mass is 32.2. The topological polar surface area (TPSA) is 84.8 Å². The van der Waals surface area contributed by atoms with Gasteiger partial charge in [0.1, 0.15) is 9.92 Å². The van der Waals surface area contributed by atoms with E-state index in [2.05, 4.69) is 5.10 Å². The van der Waals surface area contributed by atoms with E-state index >= 15 is 0 Å². The Balaban J connectivity index is 2.35. The molecule has 0 bridgehead atoms. The fraction of sp³-hybridized carbons (Fsp3) is 0.182. The highest BCUT2D eigenvalue weighted by Crippen LogP contribution is 2.19. The average Bonchev–Trinajstić information content (AvgIpc) is 2.76. The highest BCUT2D eigenvalue weighted by Gasteiger charge is 2.05. The molecule has 5 nitrogen and oxygen atoms in total. The average molecular weight is 250 g/mol. The van der Waals surface area contributed by atoms with Crippen LogP contribution in [0.25, 0.3) is 11.3 Å². The fourth-order valence-corrected chi connectivity index (χ4v) is 2.06. The highest BCUT2D eigenvalue weighted by molar-refractivity contribution is 7.90. The second-order valence-corrected chi connectivity index (χ2v) is 5.35. The maximum absolute atomic E-state index is 11.3. The predicted molar refractivity (Wildman–Crippen MR) is 66.7 cm³/mol. The summed E-state index contributed by atoms with van der Waals surface area (Å²) in [5.74, 6) is 0. The first-order valence-corrected chi connectivity index (χ1v) is 6.83. The summed E-state index contributed by atoms with van der Waals surface area (Å²) in [4.78, 5) is 0.330. The number of aryl methyl sites for hydroxylation is 1. The molecular formula is C11H14N4OS. The number of rotatable bonds is 3. The SMILES string of the molecule is CCn1ccc(-c2ccc(S(=N)(N)=O)cc2)n1. The number of hydrogen-bond acceptors (Lipinski definition) is 3. The minimum atomic E-state index is -3.13. The van der Waals surface area contributed by atoms with Crippen LogP contribution in [-0.2, 0) is 16.5 Å². The van der Waals surface area contributed by atoms with E-state index in [0.29, 0.717) is 4.90 Å². The lowest BCUT2D eigenvalue weighted by Gasteiger charge is -2.02. The molecule has 0 saturated heterocycles. The molecule has 3 N–H and O–H groups in total. The van der Waals surface area contributed by atoms with Crippen LogP contribution >= 0.6 is 0 Å². The molecule has 0 aliphatic heterocycles. The predicted octanol–water partition coefficient (Wildman–Crippen LogP) is 1.85. The molecule has 90 valence electrons. The maximum Gasteiger partial charge on any atom is 0.132 e. The molecule has 1 atom stereocenters. The van der Waals surface area contributed by atoms with E-state index < -0.39 is 9.92 Å². The van der Waals surface area contributed by atoms with Crippen LogP contribution in [0.2, 0.25) is 0 Å². The molecule has 17 heavy (non-hydrogen) atoms. The normalized spacial score (nSPS) is 14.5. The molecule has 0 saturated carbocycles. The summed E-state index contributed by atoms with van der Waals surface area (Å²) in [6.45, 7) is 2.84. The van der Waals surface area contributed by atoms with Gasteiger partial charge in [0, 0.05) is 18.3 Å². The molecule has 1 aromatic carbocycles. The van der Waals surface area contributed by atoms with Gasteiger partial charge in [0.05, 0.1) is 10.6 Å². The van der Waals surface area contributed by atoms with E-state index in [1.165, 1.54) is 0 Å². The Morgan fingerprint density at radius 1 is 1.35 bits per heavy atom. The van der Waals surface area contributed by atoms with E-state index in [4.69, 9.17) is 9.92 Å². The zero-order valence-corrected chi connectivity index (χ0v) is 10.3. The van der Waals surface area contributed by atoms with Gasteiger partial charge in [-0.05, 0) is 25.1 Å². The van der Waals surface area contributed by atoms with Crippen molar-refractivity contribution in [2.24, 2.45) is 5.14 Å². The van der Waals surface area contributed by atoms with Gasteiger partial charge in [-0.25, -0.2) is 14.1 Å². The van der Waals surface area contributed by atoms with Crippen molar-refractivity contribution in [3.05, 3.63) is 36.5 Å². The summed E-state index contributed by atoms with van der Waals surface area (Å²) >= 11 is 0. The van der Waals surface area contributed by atoms with Crippen LogP contribution in [-0.4, -0.2) is 14.0 Å². The molecule has 2 rings (SSSR count). The van der Waals surface area contributed by atoms with Gasteiger partial charge < -0.3 is 0 Å². The van der Waals surface area contributed by atoms with Crippen molar-refractivity contribution >= 4 is 9.92 Å². The lowest BCUT2D eigenvalue weighted by Crippen LogP contribution is -2.09. The van der Waals surface area contributed by atoms with Crippen molar-refractivity contribution < 1.29 is 4.21 Å². The molecule has 1 heterocycles. The quantitative estimate of drug-likeness (QED) is 0.871. The molecular weight excluding hydrogens is 236 g/mol. The third kappa shape index (κ3) is 2.54. The Labute approximate surface area is 100 Å². The third-order valence-corrected chi connectivity index (χ3v) is 3.44. The van der Waals surface area contributed by atoms with E-state index in [1.807, 2.05) is 23.9 Å². The number of nitrogens with two attached hydrogens (primary N) is 1. The molecule has 2 aromatic rings. The van der Waals surface area contributed by atoms with Gasteiger partial charge in [0.2, 0.25) is 0 Å². The van der Waals surface area contributed by atoms with Crippen molar-refractivity contribution in [1.29, 1.82) is 4.78 Å². The first kappa shape index (κ1) is 11.8. The van der Waals surface area contributed by atoms with Crippen molar-refractivity contribution in [2.45, 2.75) is 18.4 Å². The Morgan fingerprint density at radius 2 is 2.00 bits per heavy atom. The summed E-state index contributed by atoms with van der Waals surface area (Å²) in [7, 11) is -3.13. The van der Waals surface area contributed by atoms with Crippen LogP contribution in [0.5, 0.6) is 0 Å². The van der Waals surface area contributed by atoms with Crippen molar-refractivity contribution in [3.8, 4) is 11.3 Å². The zero-order chi connectivity index (χ0) is 12.5. The Kier molecular flexibility index (Phi) is 2.99. The Bertz CT molecular complexity index is 613. The lowest BCUT2D eigenvalue weighted by atomic mass is 10.2. The molecule has 0 amide bonds. The van der Waals surface area contributed by atoms with Crippen molar-refractivity contribution in [1.82, 2.24) is 9.78 Å². The minimum Gasteiger partial charge on any atom is -0.272 e. The molecule has 0 spiro atoms. The van der Waals surface area contributed by atoms with Gasteiger partial charge in [-0.15, -0.1) is 0 Å². The third-order valence-electron chi connectivity index (χ3n) is 2.46. The maximum atomic E-state index is 11.3. The summed E-state index contributed by atoms with van der Waals surface area (Å²) in [5.41, 5.74) is 1.77. The second-order valence-electron chi connectivity index (χ2n) is 3.68.